The van der Waals surface area contributed by atoms with Gasteiger partial charge in [0.15, 0.2) is 11.5 Å². The first-order chi connectivity index (χ1) is 22.3. The molecule has 0 spiro atoms. The molecule has 11 nitrogen and oxygen atoms in total. The molecular weight excluding hydrogens is 628 g/mol. The van der Waals surface area contributed by atoms with Gasteiger partial charge in [0.05, 0.1) is 31.6 Å². The molecule has 0 unspecified atom stereocenters. The SMILES string of the molecule is COc1cc2nccc(Oc3ccc(NC(=O)Oc4cn(C(C)C)c(=O)n(-c5ccc(F)cc5)c4=O)cc3C(F)(F)F)c2cc1OC. The van der Waals surface area contributed by atoms with Crippen LogP contribution in [-0.4, -0.2) is 34.4 Å². The van der Waals surface area contributed by atoms with Gasteiger partial charge in [0.25, 0.3) is 0 Å². The van der Waals surface area contributed by atoms with Crippen LogP contribution in [0.3, 0.4) is 0 Å². The third-order valence-corrected chi connectivity index (χ3v) is 6.88. The molecule has 0 saturated heterocycles. The van der Waals surface area contributed by atoms with Crippen LogP contribution in [0, 0.1) is 5.82 Å². The van der Waals surface area contributed by atoms with Crippen molar-refractivity contribution in [1.29, 1.82) is 0 Å². The quantitative estimate of drug-likeness (QED) is 0.183. The van der Waals surface area contributed by atoms with E-state index in [1.807, 2.05) is 0 Å². The third kappa shape index (κ3) is 6.73. The largest absolute Gasteiger partial charge is 0.493 e. The fourth-order valence-electron chi connectivity index (χ4n) is 4.62. The average Bonchev–Trinajstić information content (AvgIpc) is 3.02. The van der Waals surface area contributed by atoms with Crippen molar-refractivity contribution in [2.24, 2.45) is 0 Å². The topological polar surface area (TPSA) is 123 Å². The van der Waals surface area contributed by atoms with E-state index in [9.17, 15) is 31.9 Å². The normalized spacial score (nSPS) is 11.4. The summed E-state index contributed by atoms with van der Waals surface area (Å²) in [6.45, 7) is 3.27. The van der Waals surface area contributed by atoms with Gasteiger partial charge in [-0.2, -0.15) is 13.2 Å². The van der Waals surface area contributed by atoms with Crippen molar-refractivity contribution in [2.75, 3.05) is 19.5 Å². The first kappa shape index (κ1) is 32.5. The Labute approximate surface area is 263 Å². The maximum atomic E-state index is 14.2. The molecule has 5 rings (SSSR count). The van der Waals surface area contributed by atoms with Gasteiger partial charge < -0.3 is 18.9 Å². The summed E-state index contributed by atoms with van der Waals surface area (Å²) in [6.07, 6.45) is -3.87. The van der Waals surface area contributed by atoms with Crippen LogP contribution < -0.4 is 35.5 Å². The Balaban J connectivity index is 1.46. The second-order valence-corrected chi connectivity index (χ2v) is 10.3. The molecule has 0 bridgehead atoms. The Hall–Kier alpha value is -5.86. The molecule has 0 radical (unpaired) electrons. The highest BCUT2D eigenvalue weighted by atomic mass is 19.4. The molecule has 2 aromatic heterocycles. The first-order valence-electron chi connectivity index (χ1n) is 13.8. The molecule has 47 heavy (non-hydrogen) atoms. The summed E-state index contributed by atoms with van der Waals surface area (Å²) in [5, 5.41) is 2.51. The highest BCUT2D eigenvalue weighted by molar-refractivity contribution is 5.89. The van der Waals surface area contributed by atoms with Crippen LogP contribution in [0.5, 0.6) is 28.7 Å². The van der Waals surface area contributed by atoms with Gasteiger partial charge in [-0.15, -0.1) is 0 Å². The van der Waals surface area contributed by atoms with Gasteiger partial charge in [-0.3, -0.25) is 19.7 Å². The summed E-state index contributed by atoms with van der Waals surface area (Å²) in [4.78, 5) is 43.2. The summed E-state index contributed by atoms with van der Waals surface area (Å²) < 4.78 is 79.3. The first-order valence-corrected chi connectivity index (χ1v) is 13.8. The average molecular weight is 655 g/mol. The van der Waals surface area contributed by atoms with Gasteiger partial charge in [-0.1, -0.05) is 0 Å². The van der Waals surface area contributed by atoms with Crippen LogP contribution in [0.4, 0.5) is 28.0 Å². The molecule has 1 amide bonds. The van der Waals surface area contributed by atoms with Crippen molar-refractivity contribution in [2.45, 2.75) is 26.1 Å². The number of benzene rings is 3. The molecule has 0 aliphatic heterocycles. The number of nitrogens with one attached hydrogen (secondary N) is 1. The van der Waals surface area contributed by atoms with Crippen molar-refractivity contribution in [1.82, 2.24) is 14.1 Å². The van der Waals surface area contributed by atoms with Crippen LogP contribution in [0.15, 0.2) is 82.6 Å². The zero-order valence-corrected chi connectivity index (χ0v) is 25.2. The number of halogens is 4. The van der Waals surface area contributed by atoms with Crippen LogP contribution in [0.2, 0.25) is 0 Å². The monoisotopic (exact) mass is 654 g/mol. The number of carbonyl (C=O) groups is 1. The lowest BCUT2D eigenvalue weighted by molar-refractivity contribution is -0.138. The molecule has 3 aromatic carbocycles. The van der Waals surface area contributed by atoms with Crippen molar-refractivity contribution < 1.29 is 41.3 Å². The Kier molecular flexibility index (Phi) is 8.90. The van der Waals surface area contributed by atoms with Crippen molar-refractivity contribution in [3.05, 3.63) is 105 Å². The van der Waals surface area contributed by atoms with Gasteiger partial charge in [0.1, 0.15) is 22.9 Å². The van der Waals surface area contributed by atoms with Crippen LogP contribution >= 0.6 is 0 Å². The Morgan fingerprint density at radius 2 is 1.55 bits per heavy atom. The molecular formula is C32H26F4N4O7. The molecule has 0 aliphatic rings. The number of pyridine rings is 1. The van der Waals surface area contributed by atoms with Gasteiger partial charge in [-0.25, -0.2) is 18.5 Å². The van der Waals surface area contributed by atoms with E-state index in [-0.39, 0.29) is 17.1 Å². The zero-order valence-electron chi connectivity index (χ0n) is 25.2. The van der Waals surface area contributed by atoms with Crippen LogP contribution in [0.1, 0.15) is 25.5 Å². The summed E-state index contributed by atoms with van der Waals surface area (Å²) in [7, 11) is 2.83. The van der Waals surface area contributed by atoms with Crippen LogP contribution in [0.25, 0.3) is 16.6 Å². The van der Waals surface area contributed by atoms with E-state index in [0.29, 0.717) is 33.0 Å². The van der Waals surface area contributed by atoms with Crippen molar-refractivity contribution in [3.8, 4) is 34.4 Å². The van der Waals surface area contributed by atoms with E-state index >= 15 is 0 Å². The Morgan fingerprint density at radius 3 is 2.19 bits per heavy atom. The molecule has 0 fully saturated rings. The lowest BCUT2D eigenvalue weighted by atomic mass is 10.1. The predicted molar refractivity (Wildman–Crippen MR) is 163 cm³/mol. The lowest BCUT2D eigenvalue weighted by Gasteiger charge is -2.17. The number of carbonyl (C=O) groups excluding carboxylic acids is 1. The minimum atomic E-state index is -4.92. The van der Waals surface area contributed by atoms with E-state index in [4.69, 9.17) is 18.9 Å². The van der Waals surface area contributed by atoms with Crippen LogP contribution in [-0.2, 0) is 6.18 Å². The number of amides is 1. The van der Waals surface area contributed by atoms with Gasteiger partial charge in [-0.05, 0) is 68.4 Å². The maximum absolute atomic E-state index is 14.2. The third-order valence-electron chi connectivity index (χ3n) is 6.88. The van der Waals surface area contributed by atoms with E-state index < -0.39 is 52.4 Å². The minimum absolute atomic E-state index is 0.00613. The van der Waals surface area contributed by atoms with Gasteiger partial charge >= 0.3 is 23.5 Å². The fraction of sp³-hybridized carbons (Fsp3) is 0.188. The van der Waals surface area contributed by atoms with E-state index in [1.165, 1.54) is 44.7 Å². The molecule has 0 aliphatic carbocycles. The number of aromatic nitrogens is 3. The number of alkyl halides is 3. The number of hydrogen-bond acceptors (Lipinski definition) is 8. The number of fused-ring (bicyclic) bond motifs is 1. The molecule has 1 N–H and O–H groups in total. The molecule has 0 atom stereocenters. The van der Waals surface area contributed by atoms with E-state index in [1.54, 1.807) is 19.9 Å². The highest BCUT2D eigenvalue weighted by Crippen LogP contribution is 2.42. The number of anilines is 1. The maximum Gasteiger partial charge on any atom is 0.420 e. The zero-order chi connectivity index (χ0) is 34.0. The number of rotatable bonds is 8. The fourth-order valence-corrected chi connectivity index (χ4v) is 4.62. The highest BCUT2D eigenvalue weighted by Gasteiger charge is 2.35. The number of nitrogens with zero attached hydrogens (tertiary/aromatic N) is 3. The van der Waals surface area contributed by atoms with E-state index in [2.05, 4.69) is 10.3 Å². The number of ether oxygens (including phenoxy) is 4. The molecule has 5 aromatic rings. The second kappa shape index (κ2) is 12.9. The smallest absolute Gasteiger partial charge is 0.420 e. The van der Waals surface area contributed by atoms with Crippen molar-refractivity contribution >= 4 is 22.7 Å². The standard InChI is InChI=1S/C32H26F4N4O7/c1-17(2)39-16-28(29(41)40(31(39)43)20-8-5-18(33)6-9-20)47-30(42)38-19-7-10-25(22(13-19)32(34,35)36)46-24-11-12-37-23-15-27(45-4)26(44-3)14-21(23)24/h5-17H,1-4H3,(H,38,42). The van der Waals surface area contributed by atoms with Gasteiger partial charge in [0, 0.05) is 29.4 Å². The number of hydrogen-bond donors (Lipinski definition) is 1. The number of methoxy groups -OCH3 is 2. The summed E-state index contributed by atoms with van der Waals surface area (Å²) in [6, 6.07) is 11.2. The summed E-state index contributed by atoms with van der Waals surface area (Å²) in [5.41, 5.74) is -3.02. The second-order valence-electron chi connectivity index (χ2n) is 10.3. The molecule has 0 saturated carbocycles. The van der Waals surface area contributed by atoms with E-state index in [0.717, 1.165) is 35.0 Å². The molecule has 2 heterocycles. The summed E-state index contributed by atoms with van der Waals surface area (Å²) >= 11 is 0. The summed E-state index contributed by atoms with van der Waals surface area (Å²) in [5.74, 6) is -1.08. The van der Waals surface area contributed by atoms with Gasteiger partial charge in [0.2, 0.25) is 5.75 Å². The molecule has 244 valence electrons. The Morgan fingerprint density at radius 1 is 0.872 bits per heavy atom. The predicted octanol–water partition coefficient (Wildman–Crippen LogP) is 6.71. The Bertz CT molecular complexity index is 2090. The van der Waals surface area contributed by atoms with Crippen molar-refractivity contribution in [3.63, 3.8) is 0 Å². The minimum Gasteiger partial charge on any atom is -0.493 e. The molecule has 15 heteroatoms. The lowest BCUT2D eigenvalue weighted by Crippen LogP contribution is -2.40.